The van der Waals surface area contributed by atoms with E-state index in [0.29, 0.717) is 24.7 Å². The van der Waals surface area contributed by atoms with Gasteiger partial charge in [0, 0.05) is 18.8 Å². The molecule has 0 unspecified atom stereocenters. The monoisotopic (exact) mass is 262 g/mol. The molecule has 0 spiro atoms. The van der Waals surface area contributed by atoms with Gasteiger partial charge in [0.25, 0.3) is 0 Å². The number of rotatable bonds is 4. The van der Waals surface area contributed by atoms with Gasteiger partial charge in [0.2, 0.25) is 11.6 Å². The van der Waals surface area contributed by atoms with Crippen LogP contribution in [-0.4, -0.2) is 24.8 Å². The molecule has 0 bridgehead atoms. The summed E-state index contributed by atoms with van der Waals surface area (Å²) in [5, 5.41) is 0. The number of carbonyl (C=O) groups is 2. The Labute approximate surface area is 112 Å². The molecule has 0 saturated heterocycles. The van der Waals surface area contributed by atoms with Gasteiger partial charge in [-0.1, -0.05) is 19.9 Å². The average molecular weight is 262 g/mol. The minimum absolute atomic E-state index is 0.119. The second kappa shape index (κ2) is 5.87. The molecule has 1 aliphatic heterocycles. The molecule has 102 valence electrons. The molecule has 4 heteroatoms. The van der Waals surface area contributed by atoms with Crippen molar-refractivity contribution in [2.24, 2.45) is 5.92 Å². The van der Waals surface area contributed by atoms with Crippen molar-refractivity contribution in [3.05, 3.63) is 23.8 Å². The van der Waals surface area contributed by atoms with E-state index in [2.05, 4.69) is 0 Å². The van der Waals surface area contributed by atoms with Gasteiger partial charge in [0.1, 0.15) is 0 Å². The van der Waals surface area contributed by atoms with Gasteiger partial charge in [-0.05, 0) is 17.7 Å². The maximum absolute atomic E-state index is 11.8. The van der Waals surface area contributed by atoms with Crippen LogP contribution >= 0.6 is 0 Å². The summed E-state index contributed by atoms with van der Waals surface area (Å²) in [4.78, 5) is 23.4. The lowest BCUT2D eigenvalue weighted by atomic mass is 9.99. The van der Waals surface area contributed by atoms with E-state index >= 15 is 0 Å². The second-order valence-corrected chi connectivity index (χ2v) is 4.95. The van der Waals surface area contributed by atoms with Gasteiger partial charge in [0.05, 0.1) is 13.2 Å². The number of hydrogen-bond acceptors (Lipinski definition) is 4. The zero-order valence-electron chi connectivity index (χ0n) is 11.3. The maximum Gasteiger partial charge on any atom is 0.203 e. The molecule has 0 radical (unpaired) electrons. The van der Waals surface area contributed by atoms with E-state index in [0.717, 1.165) is 12.0 Å². The van der Waals surface area contributed by atoms with E-state index in [-0.39, 0.29) is 23.9 Å². The Balaban J connectivity index is 2.12. The van der Waals surface area contributed by atoms with Crippen molar-refractivity contribution in [1.29, 1.82) is 0 Å². The first-order valence-corrected chi connectivity index (χ1v) is 6.53. The second-order valence-electron chi connectivity index (χ2n) is 4.95. The quantitative estimate of drug-likeness (QED) is 0.780. The molecule has 2 rings (SSSR count). The van der Waals surface area contributed by atoms with Gasteiger partial charge < -0.3 is 9.47 Å². The first kappa shape index (κ1) is 13.6. The Hall–Kier alpha value is -1.84. The fraction of sp³-hybridized carbons (Fsp3) is 0.467. The van der Waals surface area contributed by atoms with Crippen LogP contribution in [0.15, 0.2) is 18.2 Å². The Bertz CT molecular complexity index is 491. The minimum Gasteiger partial charge on any atom is -0.490 e. The number of carbonyl (C=O) groups excluding carboxylic acids is 2. The van der Waals surface area contributed by atoms with E-state index < -0.39 is 0 Å². The zero-order valence-corrected chi connectivity index (χ0v) is 11.3. The minimum atomic E-state index is -0.357. The molecule has 4 nitrogen and oxygen atoms in total. The van der Waals surface area contributed by atoms with Crippen molar-refractivity contribution >= 4 is 11.6 Å². The molecule has 1 aromatic carbocycles. The molecule has 0 saturated carbocycles. The first-order valence-electron chi connectivity index (χ1n) is 6.53. The van der Waals surface area contributed by atoms with E-state index in [1.807, 2.05) is 0 Å². The number of fused-ring (bicyclic) bond motifs is 1. The number of ether oxygens (including phenoxy) is 2. The Morgan fingerprint density at radius 2 is 1.84 bits per heavy atom. The molecule has 0 N–H and O–H groups in total. The highest BCUT2D eigenvalue weighted by Gasteiger charge is 2.19. The van der Waals surface area contributed by atoms with Crippen LogP contribution in [0.4, 0.5) is 0 Å². The summed E-state index contributed by atoms with van der Waals surface area (Å²) in [5.74, 6) is 0.410. The number of ketones is 2. The molecule has 0 amide bonds. The summed E-state index contributed by atoms with van der Waals surface area (Å²) < 4.78 is 11.1. The fourth-order valence-corrected chi connectivity index (χ4v) is 1.91. The van der Waals surface area contributed by atoms with Crippen LogP contribution in [0.2, 0.25) is 0 Å². The molecule has 1 aromatic rings. The zero-order chi connectivity index (χ0) is 13.8. The topological polar surface area (TPSA) is 52.6 Å². The van der Waals surface area contributed by atoms with Crippen molar-refractivity contribution in [2.75, 3.05) is 13.2 Å². The van der Waals surface area contributed by atoms with Crippen LogP contribution in [0.1, 0.15) is 25.8 Å². The van der Waals surface area contributed by atoms with Gasteiger partial charge >= 0.3 is 0 Å². The van der Waals surface area contributed by atoms with E-state index in [9.17, 15) is 9.59 Å². The van der Waals surface area contributed by atoms with Gasteiger partial charge in [-0.25, -0.2) is 0 Å². The molecule has 1 aliphatic rings. The molecule has 0 fully saturated rings. The van der Waals surface area contributed by atoms with Crippen LogP contribution in [0.25, 0.3) is 0 Å². The molecular formula is C15H18O4. The molecule has 0 aromatic heterocycles. The standard InChI is InChI=1S/C15H18O4/c1-10(2)15(17)12(16)8-11-4-5-13-14(9-11)19-7-3-6-18-13/h4-5,9-10H,3,6-8H2,1-2H3. The summed E-state index contributed by atoms with van der Waals surface area (Å²) in [6, 6.07) is 5.38. The van der Waals surface area contributed by atoms with Gasteiger partial charge in [-0.3, -0.25) is 9.59 Å². The number of hydrogen-bond donors (Lipinski definition) is 0. The summed E-state index contributed by atoms with van der Waals surface area (Å²) in [7, 11) is 0. The lowest BCUT2D eigenvalue weighted by Gasteiger charge is -2.09. The maximum atomic E-state index is 11.8. The highest BCUT2D eigenvalue weighted by atomic mass is 16.5. The van der Waals surface area contributed by atoms with Crippen molar-refractivity contribution in [3.63, 3.8) is 0 Å². The van der Waals surface area contributed by atoms with Crippen LogP contribution in [0.5, 0.6) is 11.5 Å². The fourth-order valence-electron chi connectivity index (χ4n) is 1.91. The average Bonchev–Trinajstić information content (AvgIpc) is 2.62. The highest BCUT2D eigenvalue weighted by Crippen LogP contribution is 2.30. The molecule has 0 atom stereocenters. The van der Waals surface area contributed by atoms with E-state index in [1.165, 1.54) is 0 Å². The van der Waals surface area contributed by atoms with E-state index in [4.69, 9.17) is 9.47 Å². The largest absolute Gasteiger partial charge is 0.490 e. The van der Waals surface area contributed by atoms with E-state index in [1.54, 1.807) is 32.0 Å². The van der Waals surface area contributed by atoms with Crippen molar-refractivity contribution in [3.8, 4) is 11.5 Å². The Kier molecular flexibility index (Phi) is 4.20. The normalized spacial score (nSPS) is 14.1. The summed E-state index contributed by atoms with van der Waals surface area (Å²) in [6.45, 7) is 4.70. The Morgan fingerprint density at radius 3 is 2.53 bits per heavy atom. The van der Waals surface area contributed by atoms with Crippen LogP contribution in [0, 0.1) is 5.92 Å². The van der Waals surface area contributed by atoms with Gasteiger partial charge in [0.15, 0.2) is 11.5 Å². The first-order chi connectivity index (χ1) is 9.08. The predicted molar refractivity (Wildman–Crippen MR) is 70.6 cm³/mol. The highest BCUT2D eigenvalue weighted by molar-refractivity contribution is 6.38. The van der Waals surface area contributed by atoms with Crippen LogP contribution < -0.4 is 9.47 Å². The van der Waals surface area contributed by atoms with Crippen molar-refractivity contribution < 1.29 is 19.1 Å². The number of benzene rings is 1. The van der Waals surface area contributed by atoms with Crippen molar-refractivity contribution in [1.82, 2.24) is 0 Å². The molecule has 19 heavy (non-hydrogen) atoms. The Morgan fingerprint density at radius 1 is 1.16 bits per heavy atom. The predicted octanol–water partition coefficient (Wildman–Crippen LogP) is 2.18. The van der Waals surface area contributed by atoms with Gasteiger partial charge in [-0.2, -0.15) is 0 Å². The van der Waals surface area contributed by atoms with Crippen LogP contribution in [0.3, 0.4) is 0 Å². The summed E-state index contributed by atoms with van der Waals surface area (Å²) in [6.07, 6.45) is 0.961. The summed E-state index contributed by atoms with van der Waals surface area (Å²) in [5.41, 5.74) is 0.781. The number of Topliss-reactive ketones (excluding diaryl/α,β-unsaturated/α-hetero) is 2. The summed E-state index contributed by atoms with van der Waals surface area (Å²) >= 11 is 0. The van der Waals surface area contributed by atoms with Crippen molar-refractivity contribution in [2.45, 2.75) is 26.7 Å². The third-order valence-corrected chi connectivity index (χ3v) is 2.98. The lowest BCUT2D eigenvalue weighted by Crippen LogP contribution is -2.21. The third kappa shape index (κ3) is 3.34. The molecule has 1 heterocycles. The van der Waals surface area contributed by atoms with Gasteiger partial charge in [-0.15, -0.1) is 0 Å². The molecular weight excluding hydrogens is 244 g/mol. The third-order valence-electron chi connectivity index (χ3n) is 2.98. The smallest absolute Gasteiger partial charge is 0.203 e. The SMILES string of the molecule is CC(C)C(=O)C(=O)Cc1ccc2c(c1)OCCCO2. The van der Waals surface area contributed by atoms with Crippen LogP contribution in [-0.2, 0) is 16.0 Å². The lowest BCUT2D eigenvalue weighted by molar-refractivity contribution is -0.138. The molecule has 0 aliphatic carbocycles.